The van der Waals surface area contributed by atoms with E-state index in [4.69, 9.17) is 35.0 Å². The number of halogens is 1. The Hall–Kier alpha value is -5.21. The summed E-state index contributed by atoms with van der Waals surface area (Å²) >= 11 is 6.20. The minimum atomic E-state index is -4.37. The van der Waals surface area contributed by atoms with Crippen molar-refractivity contribution in [3.8, 4) is 23.0 Å². The number of benzene rings is 3. The fourth-order valence-electron chi connectivity index (χ4n) is 4.06. The van der Waals surface area contributed by atoms with Crippen LogP contribution in [-0.4, -0.2) is 60.9 Å². The van der Waals surface area contributed by atoms with Gasteiger partial charge in [-0.2, -0.15) is 5.10 Å². The van der Waals surface area contributed by atoms with Crippen LogP contribution in [0.2, 0.25) is 5.02 Å². The van der Waals surface area contributed by atoms with Gasteiger partial charge in [0, 0.05) is 11.1 Å². The number of nitrogens with one attached hydrogen (secondary N) is 2. The number of hydrogen-bond acceptors (Lipinski definition) is 10. The number of rotatable bonds is 15. The molecule has 242 valence electrons. The Morgan fingerprint density at radius 2 is 1.63 bits per heavy atom. The summed E-state index contributed by atoms with van der Waals surface area (Å²) in [7, 11) is -0.196. The molecule has 13 nitrogen and oxygen atoms in total. The van der Waals surface area contributed by atoms with Crippen LogP contribution in [0.1, 0.15) is 11.3 Å². The van der Waals surface area contributed by atoms with Gasteiger partial charge in [-0.15, -0.1) is 0 Å². The average molecular weight is 671 g/mol. The van der Waals surface area contributed by atoms with Gasteiger partial charge >= 0.3 is 0 Å². The second kappa shape index (κ2) is 15.7. The van der Waals surface area contributed by atoms with E-state index in [2.05, 4.69) is 15.8 Å². The van der Waals surface area contributed by atoms with Crippen molar-refractivity contribution >= 4 is 45.3 Å². The van der Waals surface area contributed by atoms with E-state index in [9.17, 15) is 18.0 Å². The zero-order valence-electron chi connectivity index (χ0n) is 25.1. The van der Waals surface area contributed by atoms with Crippen molar-refractivity contribution in [1.29, 1.82) is 0 Å². The Balaban J connectivity index is 1.43. The molecule has 0 unspecified atom stereocenters. The highest BCUT2D eigenvalue weighted by Crippen LogP contribution is 2.37. The first-order chi connectivity index (χ1) is 22.1. The quantitative estimate of drug-likeness (QED) is 0.141. The van der Waals surface area contributed by atoms with E-state index in [1.165, 1.54) is 70.2 Å². The molecule has 2 N–H and O–H groups in total. The van der Waals surface area contributed by atoms with E-state index in [1.807, 2.05) is 0 Å². The number of hydrogen-bond donors (Lipinski definition) is 2. The van der Waals surface area contributed by atoms with Crippen LogP contribution in [-0.2, 0) is 26.2 Å². The topological polar surface area (TPSA) is 158 Å². The summed E-state index contributed by atoms with van der Waals surface area (Å²) in [6.45, 7) is -0.604. The lowest BCUT2D eigenvalue weighted by atomic mass is 10.2. The van der Waals surface area contributed by atoms with E-state index in [-0.39, 0.29) is 46.2 Å². The molecule has 0 saturated carbocycles. The summed E-state index contributed by atoms with van der Waals surface area (Å²) in [6.07, 6.45) is 2.89. The lowest BCUT2D eigenvalue weighted by molar-refractivity contribution is -0.123. The number of hydrazone groups is 1. The van der Waals surface area contributed by atoms with Crippen LogP contribution in [0.4, 0.5) is 5.69 Å². The highest BCUT2D eigenvalue weighted by Gasteiger charge is 2.30. The van der Waals surface area contributed by atoms with Crippen LogP contribution in [0.3, 0.4) is 0 Å². The second-order valence-electron chi connectivity index (χ2n) is 9.35. The monoisotopic (exact) mass is 670 g/mol. The van der Waals surface area contributed by atoms with E-state index >= 15 is 0 Å². The van der Waals surface area contributed by atoms with Gasteiger partial charge in [-0.05, 0) is 72.3 Å². The molecule has 0 fully saturated rings. The third-order valence-electron chi connectivity index (χ3n) is 6.33. The molecule has 0 radical (unpaired) electrons. The smallest absolute Gasteiger partial charge is 0.265 e. The molecule has 15 heteroatoms. The van der Waals surface area contributed by atoms with Gasteiger partial charge in [0.05, 0.1) is 50.9 Å². The lowest BCUT2D eigenvalue weighted by Gasteiger charge is -2.25. The lowest BCUT2D eigenvalue weighted by Crippen LogP contribution is -2.39. The van der Waals surface area contributed by atoms with Crippen molar-refractivity contribution < 1.29 is 41.4 Å². The third-order valence-corrected chi connectivity index (χ3v) is 8.32. The van der Waals surface area contributed by atoms with Gasteiger partial charge in [-0.3, -0.25) is 13.9 Å². The fourth-order valence-corrected chi connectivity index (χ4v) is 5.66. The summed E-state index contributed by atoms with van der Waals surface area (Å²) in [5.41, 5.74) is 2.98. The van der Waals surface area contributed by atoms with Gasteiger partial charge in [0.2, 0.25) is 0 Å². The molecule has 0 aliphatic rings. The number of carbonyl (C=O) groups is 2. The standard InChI is InChI=1S/C31H31ClN4O9S/c1-41-27-12-8-22(32)15-26(27)36(46(39,40)25-11-13-28(42-2)29(16-25)43-3)19-30(37)35-34-17-21-6-9-23(10-7-21)45-20-31(38)33-18-24-5-4-14-44-24/h4-17H,18-20H2,1-3H3,(H,33,38)(H,35,37)/b34-17-. The van der Waals surface area contributed by atoms with Crippen LogP contribution >= 0.6 is 11.6 Å². The van der Waals surface area contributed by atoms with Gasteiger partial charge in [0.25, 0.3) is 21.8 Å². The van der Waals surface area contributed by atoms with Crippen molar-refractivity contribution in [2.24, 2.45) is 5.10 Å². The van der Waals surface area contributed by atoms with Gasteiger partial charge in [0.15, 0.2) is 18.1 Å². The summed E-state index contributed by atoms with van der Waals surface area (Å²) < 4.78 is 55.2. The van der Waals surface area contributed by atoms with E-state index < -0.39 is 22.5 Å². The SMILES string of the molecule is COc1ccc(S(=O)(=O)N(CC(=O)N/N=C\c2ccc(OCC(=O)NCc3ccco3)cc2)c2cc(Cl)ccc2OC)cc1OC. The second-order valence-corrected chi connectivity index (χ2v) is 11.7. The molecule has 0 bridgehead atoms. The maximum Gasteiger partial charge on any atom is 0.265 e. The highest BCUT2D eigenvalue weighted by molar-refractivity contribution is 7.92. The first-order valence-electron chi connectivity index (χ1n) is 13.6. The Morgan fingerprint density at radius 1 is 0.913 bits per heavy atom. The van der Waals surface area contributed by atoms with Crippen molar-refractivity contribution in [1.82, 2.24) is 10.7 Å². The maximum atomic E-state index is 13.9. The number of anilines is 1. The molecule has 0 atom stereocenters. The normalized spacial score (nSPS) is 11.1. The van der Waals surface area contributed by atoms with E-state index in [1.54, 1.807) is 36.4 Å². The molecule has 1 aromatic heterocycles. The van der Waals surface area contributed by atoms with Crippen molar-refractivity contribution in [3.63, 3.8) is 0 Å². The predicted molar refractivity (Wildman–Crippen MR) is 170 cm³/mol. The first kappa shape index (κ1) is 33.7. The van der Waals surface area contributed by atoms with Crippen LogP contribution in [0.25, 0.3) is 0 Å². The number of furan rings is 1. The zero-order valence-corrected chi connectivity index (χ0v) is 26.6. The van der Waals surface area contributed by atoms with E-state index in [0.29, 0.717) is 22.8 Å². The Kier molecular flexibility index (Phi) is 11.5. The van der Waals surface area contributed by atoms with Crippen molar-refractivity contribution in [3.05, 3.63) is 95.4 Å². The Bertz CT molecular complexity index is 1780. The van der Waals surface area contributed by atoms with Gasteiger partial charge in [0.1, 0.15) is 23.8 Å². The number of amides is 2. The van der Waals surface area contributed by atoms with Crippen LogP contribution in [0, 0.1) is 0 Å². The molecular formula is C31H31ClN4O9S. The van der Waals surface area contributed by atoms with Crippen molar-refractivity contribution in [2.75, 3.05) is 38.8 Å². The van der Waals surface area contributed by atoms with Gasteiger partial charge < -0.3 is 28.7 Å². The van der Waals surface area contributed by atoms with Crippen LogP contribution in [0.5, 0.6) is 23.0 Å². The van der Waals surface area contributed by atoms with Gasteiger partial charge in [-0.25, -0.2) is 13.8 Å². The summed E-state index contributed by atoms with van der Waals surface area (Å²) in [5, 5.41) is 6.86. The minimum absolute atomic E-state index is 0.0363. The number of ether oxygens (including phenoxy) is 4. The molecule has 4 aromatic rings. The van der Waals surface area contributed by atoms with Crippen LogP contribution in [0.15, 0.2) is 93.5 Å². The molecule has 46 heavy (non-hydrogen) atoms. The molecule has 0 aliphatic carbocycles. The Morgan fingerprint density at radius 3 is 2.30 bits per heavy atom. The molecule has 0 aliphatic heterocycles. The highest BCUT2D eigenvalue weighted by atomic mass is 35.5. The summed E-state index contributed by atoms with van der Waals surface area (Å²) in [6, 6.07) is 18.5. The zero-order chi connectivity index (χ0) is 33.1. The van der Waals surface area contributed by atoms with E-state index in [0.717, 1.165) is 4.31 Å². The average Bonchev–Trinajstić information content (AvgIpc) is 3.59. The molecule has 0 spiro atoms. The number of nitrogens with zero attached hydrogens (tertiary/aromatic N) is 2. The van der Waals surface area contributed by atoms with Gasteiger partial charge in [-0.1, -0.05) is 11.6 Å². The predicted octanol–water partition coefficient (Wildman–Crippen LogP) is 4.00. The largest absolute Gasteiger partial charge is 0.495 e. The molecule has 2 amide bonds. The molecule has 0 saturated heterocycles. The fraction of sp³-hybridized carbons (Fsp3) is 0.194. The number of carbonyl (C=O) groups excluding carboxylic acids is 2. The molecular weight excluding hydrogens is 640 g/mol. The van der Waals surface area contributed by atoms with Crippen molar-refractivity contribution in [2.45, 2.75) is 11.4 Å². The number of methoxy groups -OCH3 is 3. The summed E-state index contributed by atoms with van der Waals surface area (Å²) in [5.74, 6) is 0.681. The summed E-state index contributed by atoms with van der Waals surface area (Å²) in [4.78, 5) is 24.9. The minimum Gasteiger partial charge on any atom is -0.495 e. The third kappa shape index (κ3) is 8.70. The molecule has 1 heterocycles. The van der Waals surface area contributed by atoms with Crippen LogP contribution < -0.4 is 34.0 Å². The molecule has 3 aromatic carbocycles. The number of sulfonamides is 1. The molecule has 4 rings (SSSR count). The first-order valence-corrected chi connectivity index (χ1v) is 15.4. The maximum absolute atomic E-state index is 13.9. The Labute approximate surface area is 270 Å².